The van der Waals surface area contributed by atoms with Crippen LogP contribution in [0.2, 0.25) is 0 Å². The van der Waals surface area contributed by atoms with Crippen LogP contribution < -0.4 is 11.2 Å². The third-order valence-electron chi connectivity index (χ3n) is 1.26. The fourth-order valence-electron chi connectivity index (χ4n) is 0.727. The molecule has 0 saturated heterocycles. The molecule has 54 valence electrons. The quantitative estimate of drug-likeness (QED) is 0.417. The highest BCUT2D eigenvalue weighted by atomic mass is 16.5. The highest BCUT2D eigenvalue weighted by Gasteiger charge is 1.88. The van der Waals surface area contributed by atoms with Gasteiger partial charge in [-0.3, -0.25) is 0 Å². The fourth-order valence-corrected chi connectivity index (χ4v) is 0.727. The molecule has 0 saturated carbocycles. The minimum absolute atomic E-state index is 0.459. The first-order chi connectivity index (χ1) is 4.83. The molecular formula is C7H10N2O. The molecule has 1 rings (SSSR count). The summed E-state index contributed by atoms with van der Waals surface area (Å²) in [5.74, 6) is 0. The van der Waals surface area contributed by atoms with Crippen molar-refractivity contribution < 1.29 is 5.21 Å². The second kappa shape index (κ2) is 3.20. The summed E-state index contributed by atoms with van der Waals surface area (Å²) in [4.78, 5) is 0. The van der Waals surface area contributed by atoms with Crippen molar-refractivity contribution in [3.8, 4) is 0 Å². The Balaban J connectivity index is 2.69. The molecule has 10 heavy (non-hydrogen) atoms. The summed E-state index contributed by atoms with van der Waals surface area (Å²) in [7, 11) is 0. The van der Waals surface area contributed by atoms with E-state index >= 15 is 0 Å². The van der Waals surface area contributed by atoms with Crippen molar-refractivity contribution in [3.05, 3.63) is 29.8 Å². The van der Waals surface area contributed by atoms with Crippen LogP contribution in [0.4, 0.5) is 5.69 Å². The minimum atomic E-state index is 0.459. The minimum Gasteiger partial charge on any atom is -0.399 e. The largest absolute Gasteiger partial charge is 0.399 e. The number of benzene rings is 1. The fraction of sp³-hybridized carbons (Fsp3) is 0.143. The van der Waals surface area contributed by atoms with Crippen LogP contribution in [0.3, 0.4) is 0 Å². The number of anilines is 1. The average molecular weight is 138 g/mol. The van der Waals surface area contributed by atoms with Gasteiger partial charge < -0.3 is 10.9 Å². The van der Waals surface area contributed by atoms with E-state index in [-0.39, 0.29) is 0 Å². The summed E-state index contributed by atoms with van der Waals surface area (Å²) in [6.45, 7) is 0.459. The summed E-state index contributed by atoms with van der Waals surface area (Å²) in [5, 5.41) is 8.31. The number of nitrogens with two attached hydrogens (primary N) is 1. The zero-order valence-electron chi connectivity index (χ0n) is 5.54. The Morgan fingerprint density at radius 1 is 1.30 bits per heavy atom. The predicted octanol–water partition coefficient (Wildman–Crippen LogP) is 0.748. The van der Waals surface area contributed by atoms with Crippen LogP contribution in [0.1, 0.15) is 5.56 Å². The molecule has 0 spiro atoms. The zero-order valence-corrected chi connectivity index (χ0v) is 5.54. The van der Waals surface area contributed by atoms with Crippen LogP contribution >= 0.6 is 0 Å². The van der Waals surface area contributed by atoms with Crippen molar-refractivity contribution >= 4 is 5.69 Å². The summed E-state index contributed by atoms with van der Waals surface area (Å²) in [6, 6.07) is 7.32. The van der Waals surface area contributed by atoms with E-state index in [1.807, 2.05) is 12.1 Å². The van der Waals surface area contributed by atoms with Gasteiger partial charge in [0.2, 0.25) is 0 Å². The van der Waals surface area contributed by atoms with E-state index in [4.69, 9.17) is 10.9 Å². The Hall–Kier alpha value is -1.06. The molecule has 0 amide bonds. The number of hydroxylamine groups is 1. The predicted molar refractivity (Wildman–Crippen MR) is 39.5 cm³/mol. The molecule has 3 heteroatoms. The molecular weight excluding hydrogens is 128 g/mol. The molecule has 4 N–H and O–H groups in total. The van der Waals surface area contributed by atoms with Crippen LogP contribution in [0, 0.1) is 0 Å². The zero-order chi connectivity index (χ0) is 7.40. The van der Waals surface area contributed by atoms with E-state index in [9.17, 15) is 0 Å². The van der Waals surface area contributed by atoms with Crippen LogP contribution in [-0.2, 0) is 6.54 Å². The molecule has 0 aromatic heterocycles. The van der Waals surface area contributed by atoms with Crippen molar-refractivity contribution in [2.45, 2.75) is 6.54 Å². The molecule has 0 bridgehead atoms. The molecule has 0 aliphatic heterocycles. The van der Waals surface area contributed by atoms with Gasteiger partial charge in [-0.1, -0.05) is 12.1 Å². The molecule has 0 fully saturated rings. The average Bonchev–Trinajstić information content (AvgIpc) is 1.95. The Kier molecular flexibility index (Phi) is 2.25. The van der Waals surface area contributed by atoms with Crippen LogP contribution in [-0.4, -0.2) is 5.21 Å². The molecule has 0 radical (unpaired) electrons. The lowest BCUT2D eigenvalue weighted by molar-refractivity contribution is 0.161. The van der Waals surface area contributed by atoms with E-state index in [1.54, 1.807) is 12.1 Å². The van der Waals surface area contributed by atoms with Gasteiger partial charge in [-0.2, -0.15) is 0 Å². The number of rotatable bonds is 2. The van der Waals surface area contributed by atoms with E-state index in [1.165, 1.54) is 0 Å². The van der Waals surface area contributed by atoms with Gasteiger partial charge >= 0.3 is 0 Å². The van der Waals surface area contributed by atoms with Crippen molar-refractivity contribution in [3.63, 3.8) is 0 Å². The standard InChI is InChI=1S/C7H10N2O/c8-7-3-1-6(2-4-7)5-9-10/h1-4,9-10H,5,8H2. The molecule has 0 aliphatic rings. The van der Waals surface area contributed by atoms with Gasteiger partial charge in [0.15, 0.2) is 0 Å². The maximum Gasteiger partial charge on any atom is 0.0458 e. The van der Waals surface area contributed by atoms with E-state index in [0.29, 0.717) is 6.54 Å². The normalized spacial score (nSPS) is 9.70. The SMILES string of the molecule is Nc1ccc(CNO)cc1. The van der Waals surface area contributed by atoms with Gasteiger partial charge in [-0.05, 0) is 17.7 Å². The molecule has 0 atom stereocenters. The maximum absolute atomic E-state index is 8.31. The topological polar surface area (TPSA) is 58.3 Å². The van der Waals surface area contributed by atoms with Gasteiger partial charge in [0.25, 0.3) is 0 Å². The lowest BCUT2D eigenvalue weighted by Crippen LogP contribution is -2.05. The van der Waals surface area contributed by atoms with Gasteiger partial charge in [0.05, 0.1) is 0 Å². The Morgan fingerprint density at radius 3 is 2.40 bits per heavy atom. The van der Waals surface area contributed by atoms with E-state index in [2.05, 4.69) is 5.48 Å². The second-order valence-electron chi connectivity index (χ2n) is 2.08. The van der Waals surface area contributed by atoms with Crippen LogP contribution in [0.15, 0.2) is 24.3 Å². The molecule has 1 aromatic rings. The number of nitrogens with one attached hydrogen (secondary N) is 1. The van der Waals surface area contributed by atoms with Crippen molar-refractivity contribution in [2.24, 2.45) is 0 Å². The van der Waals surface area contributed by atoms with Gasteiger partial charge in [0, 0.05) is 12.2 Å². The Bertz CT molecular complexity index is 195. The summed E-state index contributed by atoms with van der Waals surface area (Å²) >= 11 is 0. The number of hydrogen-bond acceptors (Lipinski definition) is 3. The molecule has 1 aromatic carbocycles. The smallest absolute Gasteiger partial charge is 0.0458 e. The van der Waals surface area contributed by atoms with E-state index < -0.39 is 0 Å². The van der Waals surface area contributed by atoms with Gasteiger partial charge in [-0.15, -0.1) is 0 Å². The summed E-state index contributed by atoms with van der Waals surface area (Å²) in [5.41, 5.74) is 9.25. The van der Waals surface area contributed by atoms with Gasteiger partial charge in [-0.25, -0.2) is 5.48 Å². The third kappa shape index (κ3) is 1.72. The number of nitrogen functional groups attached to an aromatic ring is 1. The third-order valence-corrected chi connectivity index (χ3v) is 1.26. The maximum atomic E-state index is 8.31. The monoisotopic (exact) mass is 138 g/mol. The number of hydrogen-bond donors (Lipinski definition) is 3. The summed E-state index contributed by atoms with van der Waals surface area (Å²) in [6.07, 6.45) is 0. The molecule has 0 unspecified atom stereocenters. The highest BCUT2D eigenvalue weighted by Crippen LogP contribution is 2.04. The summed E-state index contributed by atoms with van der Waals surface area (Å²) < 4.78 is 0. The van der Waals surface area contributed by atoms with Gasteiger partial charge in [0.1, 0.15) is 0 Å². The van der Waals surface area contributed by atoms with Crippen LogP contribution in [0.5, 0.6) is 0 Å². The molecule has 3 nitrogen and oxygen atoms in total. The Morgan fingerprint density at radius 2 is 1.90 bits per heavy atom. The first-order valence-corrected chi connectivity index (χ1v) is 3.04. The van der Waals surface area contributed by atoms with Crippen LogP contribution in [0.25, 0.3) is 0 Å². The lowest BCUT2D eigenvalue weighted by atomic mass is 10.2. The first kappa shape index (κ1) is 7.05. The molecule has 0 aliphatic carbocycles. The highest BCUT2D eigenvalue weighted by molar-refractivity contribution is 5.39. The first-order valence-electron chi connectivity index (χ1n) is 3.04. The van der Waals surface area contributed by atoms with Crippen molar-refractivity contribution in [1.29, 1.82) is 0 Å². The Labute approximate surface area is 59.4 Å². The molecule has 0 heterocycles. The van der Waals surface area contributed by atoms with Crippen molar-refractivity contribution in [1.82, 2.24) is 5.48 Å². The lowest BCUT2D eigenvalue weighted by Gasteiger charge is -1.97. The van der Waals surface area contributed by atoms with E-state index in [0.717, 1.165) is 11.3 Å². The van der Waals surface area contributed by atoms with Crippen molar-refractivity contribution in [2.75, 3.05) is 5.73 Å². The second-order valence-corrected chi connectivity index (χ2v) is 2.08.